The highest BCUT2D eigenvalue weighted by Gasteiger charge is 2.50. The predicted octanol–water partition coefficient (Wildman–Crippen LogP) is 3.71. The zero-order chi connectivity index (χ0) is 24.6. The van der Waals surface area contributed by atoms with Crippen LogP contribution in [-0.4, -0.2) is 20.5 Å². The molecule has 1 heterocycles. The number of carbonyl (C=O) groups excluding carboxylic acids is 1. The zero-order valence-corrected chi connectivity index (χ0v) is 20.0. The first-order chi connectivity index (χ1) is 16.2. The predicted molar refractivity (Wildman–Crippen MR) is 129 cm³/mol. The van der Waals surface area contributed by atoms with Crippen LogP contribution in [0.5, 0.6) is 0 Å². The number of benzene rings is 2. The fraction of sp³-hybridized carbons (Fsp3) is 0.370. The number of hydrogen-bond donors (Lipinski definition) is 1. The van der Waals surface area contributed by atoms with Gasteiger partial charge in [-0.15, -0.1) is 5.10 Å². The Morgan fingerprint density at radius 3 is 2.38 bits per heavy atom. The van der Waals surface area contributed by atoms with E-state index in [4.69, 9.17) is 5.26 Å². The van der Waals surface area contributed by atoms with Crippen LogP contribution in [0.1, 0.15) is 71.7 Å². The number of nitriles is 1. The molecule has 0 unspecified atom stereocenters. The normalized spacial score (nSPS) is 14.0. The summed E-state index contributed by atoms with van der Waals surface area (Å²) in [5.41, 5.74) is 4.86. The number of nitrogens with zero attached hydrogens (tertiary/aromatic N) is 3. The van der Waals surface area contributed by atoms with Gasteiger partial charge in [-0.25, -0.2) is 4.79 Å². The molecule has 1 fully saturated rings. The highest BCUT2D eigenvalue weighted by Crippen LogP contribution is 2.51. The van der Waals surface area contributed by atoms with Crippen LogP contribution in [0.15, 0.2) is 39.9 Å². The molecule has 174 valence electrons. The quantitative estimate of drug-likeness (QED) is 0.583. The summed E-state index contributed by atoms with van der Waals surface area (Å²) in [7, 11) is 0. The van der Waals surface area contributed by atoms with Gasteiger partial charge in [0.05, 0.1) is 11.1 Å². The van der Waals surface area contributed by atoms with E-state index in [1.807, 2.05) is 32.9 Å². The van der Waals surface area contributed by atoms with Crippen molar-refractivity contribution in [3.8, 4) is 11.8 Å². The van der Waals surface area contributed by atoms with Crippen molar-refractivity contribution in [1.29, 1.82) is 5.26 Å². The number of Topliss-reactive ketones (excluding diaryl/α,β-unsaturated/α-hetero) is 1. The van der Waals surface area contributed by atoms with E-state index in [1.54, 1.807) is 6.07 Å². The molecule has 3 aromatic rings. The Bertz CT molecular complexity index is 1430. The minimum absolute atomic E-state index is 0.306. The molecular formula is C27H28N4O3. The van der Waals surface area contributed by atoms with Crippen LogP contribution < -0.4 is 11.2 Å². The molecule has 2 aromatic carbocycles. The molecule has 0 bridgehead atoms. The van der Waals surface area contributed by atoms with Gasteiger partial charge in [0.2, 0.25) is 5.69 Å². The molecule has 7 heteroatoms. The van der Waals surface area contributed by atoms with E-state index in [0.717, 1.165) is 57.3 Å². The summed E-state index contributed by atoms with van der Waals surface area (Å²) in [6.45, 7) is 8.06. The smallest absolute Gasteiger partial charge is 0.299 e. The molecule has 1 aliphatic carbocycles. The average molecular weight is 457 g/mol. The standard InChI is InChI=1S/C27H28N4O3/c1-5-6-24(32)27(9-10-27)22-14-19(8-7-16(22)2)13-21-17(3)11-20(12-18(21)4)31-26(34)29-25(33)23(15-28)30-31/h7-8,11-12,14H,5-6,9-10,13H2,1-4H3,(H,29,33,34). The van der Waals surface area contributed by atoms with Crippen molar-refractivity contribution in [2.45, 2.75) is 65.2 Å². The van der Waals surface area contributed by atoms with Gasteiger partial charge >= 0.3 is 5.69 Å². The number of aromatic nitrogens is 3. The lowest BCUT2D eigenvalue weighted by molar-refractivity contribution is -0.121. The van der Waals surface area contributed by atoms with Crippen LogP contribution >= 0.6 is 0 Å². The maximum atomic E-state index is 12.8. The van der Waals surface area contributed by atoms with Gasteiger partial charge in [-0.1, -0.05) is 25.1 Å². The Balaban J connectivity index is 1.69. The summed E-state index contributed by atoms with van der Waals surface area (Å²) in [5, 5.41) is 13.0. The van der Waals surface area contributed by atoms with E-state index >= 15 is 0 Å². The Kier molecular flexibility index (Phi) is 6.09. The Morgan fingerprint density at radius 2 is 1.79 bits per heavy atom. The van der Waals surface area contributed by atoms with Gasteiger partial charge in [-0.2, -0.15) is 9.94 Å². The van der Waals surface area contributed by atoms with Crippen LogP contribution in [0.4, 0.5) is 0 Å². The number of H-pyrrole nitrogens is 1. The highest BCUT2D eigenvalue weighted by molar-refractivity contribution is 5.93. The van der Waals surface area contributed by atoms with Crippen LogP contribution in [0.25, 0.3) is 5.69 Å². The first-order valence-corrected chi connectivity index (χ1v) is 11.6. The van der Waals surface area contributed by atoms with Crippen LogP contribution in [0.3, 0.4) is 0 Å². The van der Waals surface area contributed by atoms with Crippen LogP contribution in [0, 0.1) is 32.1 Å². The second-order valence-corrected chi connectivity index (χ2v) is 9.27. The van der Waals surface area contributed by atoms with Gasteiger partial charge < -0.3 is 0 Å². The van der Waals surface area contributed by atoms with Crippen molar-refractivity contribution in [3.05, 3.63) is 90.2 Å². The van der Waals surface area contributed by atoms with Gasteiger partial charge in [-0.05, 0) is 92.0 Å². The number of rotatable bonds is 7. The summed E-state index contributed by atoms with van der Waals surface area (Å²) < 4.78 is 1.05. The number of aromatic amines is 1. The molecule has 0 radical (unpaired) electrons. The largest absolute Gasteiger partial charge is 0.349 e. The SMILES string of the molecule is CCCC(=O)C1(c2cc(Cc3c(C)cc(-n4nc(C#N)c(=O)[nH]c4=O)cc3C)ccc2C)CC1. The zero-order valence-electron chi connectivity index (χ0n) is 20.0. The number of aryl methyl sites for hydroxylation is 3. The maximum Gasteiger partial charge on any atom is 0.349 e. The first-order valence-electron chi connectivity index (χ1n) is 11.6. The topological polar surface area (TPSA) is 109 Å². The van der Waals surface area contributed by atoms with E-state index < -0.39 is 11.2 Å². The number of nitrogens with one attached hydrogen (secondary N) is 1. The van der Waals surface area contributed by atoms with Gasteiger partial charge in [0.1, 0.15) is 11.9 Å². The number of hydrogen-bond acceptors (Lipinski definition) is 5. The van der Waals surface area contributed by atoms with E-state index in [9.17, 15) is 14.4 Å². The fourth-order valence-corrected chi connectivity index (χ4v) is 4.81. The van der Waals surface area contributed by atoms with Gasteiger partial charge in [-0.3, -0.25) is 14.6 Å². The Morgan fingerprint density at radius 1 is 1.12 bits per heavy atom. The summed E-state index contributed by atoms with van der Waals surface area (Å²) in [4.78, 5) is 38.9. The summed E-state index contributed by atoms with van der Waals surface area (Å²) in [5.74, 6) is 0.350. The summed E-state index contributed by atoms with van der Waals surface area (Å²) in [6.07, 6.45) is 4.03. The first kappa shape index (κ1) is 23.4. The number of ketones is 1. The summed E-state index contributed by atoms with van der Waals surface area (Å²) >= 11 is 0. The van der Waals surface area contributed by atoms with E-state index in [0.29, 0.717) is 24.3 Å². The van der Waals surface area contributed by atoms with Crippen molar-refractivity contribution in [1.82, 2.24) is 14.8 Å². The second kappa shape index (κ2) is 8.86. The fourth-order valence-electron chi connectivity index (χ4n) is 4.81. The summed E-state index contributed by atoms with van der Waals surface area (Å²) in [6, 6.07) is 11.8. The van der Waals surface area contributed by atoms with Crippen LogP contribution in [0.2, 0.25) is 0 Å². The Labute approximate surface area is 198 Å². The minimum Gasteiger partial charge on any atom is -0.299 e. The van der Waals surface area contributed by atoms with Crippen molar-refractivity contribution < 1.29 is 4.79 Å². The highest BCUT2D eigenvalue weighted by atomic mass is 16.2. The lowest BCUT2D eigenvalue weighted by Gasteiger charge is -2.19. The van der Waals surface area contributed by atoms with E-state index in [2.05, 4.69) is 35.2 Å². The molecule has 4 rings (SSSR count). The molecule has 0 saturated heterocycles. The van der Waals surface area contributed by atoms with E-state index in [-0.39, 0.29) is 11.1 Å². The molecule has 7 nitrogen and oxygen atoms in total. The Hall–Kier alpha value is -3.79. The van der Waals surface area contributed by atoms with Gasteiger partial charge in [0.25, 0.3) is 5.56 Å². The maximum absolute atomic E-state index is 12.8. The van der Waals surface area contributed by atoms with Crippen molar-refractivity contribution in [3.63, 3.8) is 0 Å². The van der Waals surface area contributed by atoms with Gasteiger partial charge in [0, 0.05) is 6.42 Å². The lowest BCUT2D eigenvalue weighted by atomic mass is 9.84. The molecule has 0 spiro atoms. The molecular weight excluding hydrogens is 428 g/mol. The van der Waals surface area contributed by atoms with Gasteiger partial charge in [0.15, 0.2) is 0 Å². The second-order valence-electron chi connectivity index (χ2n) is 9.27. The third-order valence-corrected chi connectivity index (χ3v) is 6.82. The lowest BCUT2D eigenvalue weighted by Crippen LogP contribution is -2.33. The monoisotopic (exact) mass is 456 g/mol. The third kappa shape index (κ3) is 4.12. The number of carbonyl (C=O) groups is 1. The molecule has 0 atom stereocenters. The molecule has 34 heavy (non-hydrogen) atoms. The minimum atomic E-state index is -0.796. The molecule has 1 aliphatic rings. The van der Waals surface area contributed by atoms with Crippen molar-refractivity contribution >= 4 is 5.78 Å². The van der Waals surface area contributed by atoms with E-state index in [1.165, 1.54) is 0 Å². The molecule has 0 aliphatic heterocycles. The molecule has 1 aromatic heterocycles. The molecule has 1 N–H and O–H groups in total. The molecule has 0 amide bonds. The average Bonchev–Trinajstić information content (AvgIpc) is 3.59. The molecule has 1 saturated carbocycles. The van der Waals surface area contributed by atoms with Crippen molar-refractivity contribution in [2.24, 2.45) is 0 Å². The van der Waals surface area contributed by atoms with Crippen LogP contribution in [-0.2, 0) is 16.6 Å². The van der Waals surface area contributed by atoms with Crippen molar-refractivity contribution in [2.75, 3.05) is 0 Å². The third-order valence-electron chi connectivity index (χ3n) is 6.82.